The van der Waals surface area contributed by atoms with Crippen molar-refractivity contribution in [2.24, 2.45) is 0 Å². The van der Waals surface area contributed by atoms with Crippen molar-refractivity contribution >= 4 is 0 Å². The molecule has 96 valence electrons. The topological polar surface area (TPSA) is 35.5 Å². The van der Waals surface area contributed by atoms with Crippen LogP contribution in [0.3, 0.4) is 0 Å². The summed E-state index contributed by atoms with van der Waals surface area (Å²) in [5.74, 6) is 0. The van der Waals surface area contributed by atoms with Gasteiger partial charge in [0.2, 0.25) is 0 Å². The van der Waals surface area contributed by atoms with Crippen LogP contribution < -0.4 is 5.32 Å². The zero-order valence-corrected chi connectivity index (χ0v) is 10.9. The largest absolute Gasteiger partial charge is 0.395 e. The lowest BCUT2D eigenvalue weighted by Gasteiger charge is -2.36. The Labute approximate surface area is 100 Å². The molecule has 1 aliphatic carbocycles. The minimum Gasteiger partial charge on any atom is -0.395 e. The first-order valence-electron chi connectivity index (χ1n) is 6.90. The van der Waals surface area contributed by atoms with Gasteiger partial charge in [-0.15, -0.1) is 0 Å². The molecule has 1 fully saturated rings. The van der Waals surface area contributed by atoms with Gasteiger partial charge >= 0.3 is 0 Å². The monoisotopic (exact) mass is 228 g/mol. The molecule has 0 bridgehead atoms. The maximum atomic E-state index is 9.08. The number of hydrogen-bond donors (Lipinski definition) is 2. The second kappa shape index (κ2) is 8.04. The van der Waals surface area contributed by atoms with Crippen LogP contribution in [-0.4, -0.2) is 48.3 Å². The summed E-state index contributed by atoms with van der Waals surface area (Å²) in [4.78, 5) is 2.47. The molecule has 0 atom stereocenters. The maximum absolute atomic E-state index is 9.08. The average Bonchev–Trinajstić information content (AvgIpc) is 2.30. The van der Waals surface area contributed by atoms with Crippen LogP contribution >= 0.6 is 0 Å². The first kappa shape index (κ1) is 13.9. The summed E-state index contributed by atoms with van der Waals surface area (Å²) in [5, 5.41) is 12.6. The average molecular weight is 228 g/mol. The molecule has 0 radical (unpaired) electrons. The van der Waals surface area contributed by atoms with Crippen LogP contribution in [0.25, 0.3) is 0 Å². The molecule has 1 saturated carbocycles. The van der Waals surface area contributed by atoms with Gasteiger partial charge in [-0.25, -0.2) is 0 Å². The Bertz CT molecular complexity index is 161. The molecule has 0 aromatic rings. The molecular formula is C13H28N2O. The fourth-order valence-electron chi connectivity index (χ4n) is 2.83. The fourth-order valence-corrected chi connectivity index (χ4v) is 2.83. The van der Waals surface area contributed by atoms with Gasteiger partial charge in [0.15, 0.2) is 0 Å². The lowest BCUT2D eigenvalue weighted by atomic mass is 9.90. The van der Waals surface area contributed by atoms with Gasteiger partial charge in [0.1, 0.15) is 0 Å². The van der Waals surface area contributed by atoms with Crippen molar-refractivity contribution in [3.63, 3.8) is 0 Å². The third kappa shape index (κ3) is 4.40. The molecule has 0 spiro atoms. The number of nitrogens with one attached hydrogen (secondary N) is 1. The molecule has 1 aliphatic rings. The third-order valence-corrected chi connectivity index (χ3v) is 3.60. The number of hydrogen-bond acceptors (Lipinski definition) is 3. The third-order valence-electron chi connectivity index (χ3n) is 3.60. The fraction of sp³-hybridized carbons (Fsp3) is 1.00. The van der Waals surface area contributed by atoms with Crippen LogP contribution in [0.2, 0.25) is 0 Å². The Kier molecular flexibility index (Phi) is 7.01. The van der Waals surface area contributed by atoms with Crippen LogP contribution in [0.15, 0.2) is 0 Å². The van der Waals surface area contributed by atoms with Crippen LogP contribution in [0.5, 0.6) is 0 Å². The molecule has 0 saturated heterocycles. The number of rotatable bonds is 7. The van der Waals surface area contributed by atoms with Crippen molar-refractivity contribution in [1.29, 1.82) is 0 Å². The summed E-state index contributed by atoms with van der Waals surface area (Å²) in [6, 6.07) is 1.45. The van der Waals surface area contributed by atoms with Crippen LogP contribution in [0.1, 0.15) is 46.0 Å². The maximum Gasteiger partial charge on any atom is 0.0558 e. The normalized spacial score (nSPS) is 26.2. The molecule has 0 amide bonds. The van der Waals surface area contributed by atoms with E-state index in [1.54, 1.807) is 0 Å². The highest BCUT2D eigenvalue weighted by atomic mass is 16.3. The Morgan fingerprint density at radius 1 is 1.12 bits per heavy atom. The summed E-state index contributed by atoms with van der Waals surface area (Å²) in [5.41, 5.74) is 0. The highest BCUT2D eigenvalue weighted by Crippen LogP contribution is 2.23. The van der Waals surface area contributed by atoms with Gasteiger partial charge in [-0.2, -0.15) is 0 Å². The van der Waals surface area contributed by atoms with E-state index in [4.69, 9.17) is 5.11 Å². The molecule has 3 nitrogen and oxygen atoms in total. The van der Waals surface area contributed by atoms with E-state index in [2.05, 4.69) is 24.1 Å². The Morgan fingerprint density at radius 3 is 2.31 bits per heavy atom. The van der Waals surface area contributed by atoms with Gasteiger partial charge in [-0.3, -0.25) is 4.90 Å². The first-order valence-corrected chi connectivity index (χ1v) is 6.90. The van der Waals surface area contributed by atoms with Crippen LogP contribution in [0, 0.1) is 0 Å². The van der Waals surface area contributed by atoms with Gasteiger partial charge in [0.05, 0.1) is 6.61 Å². The molecule has 0 heterocycles. The van der Waals surface area contributed by atoms with Gasteiger partial charge in [0.25, 0.3) is 0 Å². The highest BCUT2D eigenvalue weighted by molar-refractivity contribution is 4.82. The van der Waals surface area contributed by atoms with Gasteiger partial charge in [-0.05, 0) is 45.2 Å². The Morgan fingerprint density at radius 2 is 1.81 bits per heavy atom. The van der Waals surface area contributed by atoms with E-state index in [-0.39, 0.29) is 0 Å². The Hall–Kier alpha value is -0.120. The highest BCUT2D eigenvalue weighted by Gasteiger charge is 2.24. The van der Waals surface area contributed by atoms with Gasteiger partial charge in [-0.1, -0.05) is 13.8 Å². The SMILES string of the molecule is CCCN(CCO)C1CCC(NCC)CC1. The van der Waals surface area contributed by atoms with Crippen molar-refractivity contribution in [2.75, 3.05) is 26.2 Å². The first-order chi connectivity index (χ1) is 7.81. The van der Waals surface area contributed by atoms with Gasteiger partial charge in [0, 0.05) is 18.6 Å². The van der Waals surface area contributed by atoms with Crippen LogP contribution in [0.4, 0.5) is 0 Å². The lowest BCUT2D eigenvalue weighted by Crippen LogP contribution is -2.43. The molecule has 2 N–H and O–H groups in total. The molecule has 0 unspecified atom stereocenters. The lowest BCUT2D eigenvalue weighted by molar-refractivity contribution is 0.116. The molecular weight excluding hydrogens is 200 g/mol. The quantitative estimate of drug-likeness (QED) is 0.695. The molecule has 1 rings (SSSR count). The van der Waals surface area contributed by atoms with Gasteiger partial charge < -0.3 is 10.4 Å². The summed E-state index contributed by atoms with van der Waals surface area (Å²) < 4.78 is 0. The molecule has 0 aromatic heterocycles. The van der Waals surface area contributed by atoms with Crippen molar-refractivity contribution in [3.05, 3.63) is 0 Å². The summed E-state index contributed by atoms with van der Waals surface area (Å²) in [6.45, 7) is 7.77. The zero-order valence-electron chi connectivity index (χ0n) is 10.9. The van der Waals surface area contributed by atoms with E-state index < -0.39 is 0 Å². The number of aliphatic hydroxyl groups excluding tert-OH is 1. The van der Waals surface area contributed by atoms with E-state index in [9.17, 15) is 0 Å². The van der Waals surface area contributed by atoms with E-state index in [1.165, 1.54) is 32.1 Å². The summed E-state index contributed by atoms with van der Waals surface area (Å²) in [7, 11) is 0. The summed E-state index contributed by atoms with van der Waals surface area (Å²) in [6.07, 6.45) is 6.36. The number of aliphatic hydroxyl groups is 1. The van der Waals surface area contributed by atoms with Crippen LogP contribution in [-0.2, 0) is 0 Å². The van der Waals surface area contributed by atoms with Crippen molar-refractivity contribution in [3.8, 4) is 0 Å². The van der Waals surface area contributed by atoms with E-state index in [0.29, 0.717) is 12.6 Å². The predicted molar refractivity (Wildman–Crippen MR) is 68.7 cm³/mol. The second-order valence-corrected chi connectivity index (χ2v) is 4.82. The molecule has 3 heteroatoms. The number of nitrogens with zero attached hydrogens (tertiary/aromatic N) is 1. The minimum absolute atomic E-state index is 0.299. The van der Waals surface area contributed by atoms with E-state index >= 15 is 0 Å². The molecule has 0 aliphatic heterocycles. The standard InChI is InChI=1S/C13H28N2O/c1-3-9-15(10-11-16)13-7-5-12(6-8-13)14-4-2/h12-14,16H,3-11H2,1-2H3. The molecule has 16 heavy (non-hydrogen) atoms. The molecule has 0 aromatic carbocycles. The second-order valence-electron chi connectivity index (χ2n) is 4.82. The van der Waals surface area contributed by atoms with E-state index in [1.807, 2.05) is 0 Å². The van der Waals surface area contributed by atoms with E-state index in [0.717, 1.165) is 25.7 Å². The smallest absolute Gasteiger partial charge is 0.0558 e. The zero-order chi connectivity index (χ0) is 11.8. The predicted octanol–water partition coefficient (Wildman–Crippen LogP) is 1.61. The summed E-state index contributed by atoms with van der Waals surface area (Å²) >= 11 is 0. The van der Waals surface area contributed by atoms with Crippen molar-refractivity contribution in [1.82, 2.24) is 10.2 Å². The van der Waals surface area contributed by atoms with Crippen molar-refractivity contribution in [2.45, 2.75) is 58.0 Å². The Balaban J connectivity index is 2.31. The van der Waals surface area contributed by atoms with Crippen molar-refractivity contribution < 1.29 is 5.11 Å². The minimum atomic E-state index is 0.299.